The molecule has 5 nitrogen and oxygen atoms in total. The van der Waals surface area contributed by atoms with E-state index in [1.807, 2.05) is 26.0 Å². The van der Waals surface area contributed by atoms with E-state index in [-0.39, 0.29) is 5.91 Å². The Hall–Kier alpha value is -1.56. The lowest BCUT2D eigenvalue weighted by Crippen LogP contribution is -2.48. The third kappa shape index (κ3) is 5.04. The van der Waals surface area contributed by atoms with Gasteiger partial charge in [-0.1, -0.05) is 31.0 Å². The topological polar surface area (TPSA) is 66.5 Å². The van der Waals surface area contributed by atoms with Crippen molar-refractivity contribution in [2.45, 2.75) is 39.7 Å². The zero-order valence-corrected chi connectivity index (χ0v) is 13.9. The first kappa shape index (κ1) is 17.5. The van der Waals surface area contributed by atoms with Crippen LogP contribution in [0.3, 0.4) is 0 Å². The molecule has 1 rings (SSSR count). The molecule has 0 bridgehead atoms. The summed E-state index contributed by atoms with van der Waals surface area (Å²) in [6, 6.07) is 6.31. The highest BCUT2D eigenvalue weighted by Crippen LogP contribution is 2.21. The van der Waals surface area contributed by atoms with Gasteiger partial charge in [-0.25, -0.2) is 8.42 Å². The van der Waals surface area contributed by atoms with Gasteiger partial charge in [-0.3, -0.25) is 9.10 Å². The van der Waals surface area contributed by atoms with Gasteiger partial charge in [0.25, 0.3) is 0 Å². The Morgan fingerprint density at radius 3 is 2.33 bits per heavy atom. The average molecular weight is 312 g/mol. The Bertz CT molecular complexity index is 567. The summed E-state index contributed by atoms with van der Waals surface area (Å²) in [5, 5.41) is 2.77. The van der Waals surface area contributed by atoms with Gasteiger partial charge < -0.3 is 5.32 Å². The van der Waals surface area contributed by atoms with E-state index in [9.17, 15) is 13.2 Å². The summed E-state index contributed by atoms with van der Waals surface area (Å²) in [6.07, 6.45) is 2.97. The molecular weight excluding hydrogens is 288 g/mol. The van der Waals surface area contributed by atoms with Gasteiger partial charge in [0, 0.05) is 6.54 Å². The predicted molar refractivity (Wildman–Crippen MR) is 85.9 cm³/mol. The van der Waals surface area contributed by atoms with E-state index in [2.05, 4.69) is 5.32 Å². The van der Waals surface area contributed by atoms with Crippen molar-refractivity contribution in [3.63, 3.8) is 0 Å². The highest BCUT2D eigenvalue weighted by Gasteiger charge is 2.28. The standard InChI is InChI=1S/C15H24N2O3S/c1-5-6-11-16-15(18)13(3)17(21(4,19)20)14-9-7-12(2)8-10-14/h7-10,13H,5-6,11H2,1-4H3,(H,16,18). The number of nitrogens with zero attached hydrogens (tertiary/aromatic N) is 1. The molecule has 0 saturated carbocycles. The minimum Gasteiger partial charge on any atom is -0.354 e. The normalized spacial score (nSPS) is 12.8. The molecule has 0 aromatic heterocycles. The molecular formula is C15H24N2O3S. The number of carbonyl (C=O) groups is 1. The molecule has 21 heavy (non-hydrogen) atoms. The lowest BCUT2D eigenvalue weighted by atomic mass is 10.2. The van der Waals surface area contributed by atoms with Gasteiger partial charge in [-0.05, 0) is 32.4 Å². The van der Waals surface area contributed by atoms with Crippen LogP contribution in [0.15, 0.2) is 24.3 Å². The maximum absolute atomic E-state index is 12.1. The van der Waals surface area contributed by atoms with Crippen LogP contribution in [0.5, 0.6) is 0 Å². The van der Waals surface area contributed by atoms with Crippen LogP contribution in [0.2, 0.25) is 0 Å². The first-order valence-corrected chi connectivity index (χ1v) is 8.96. The molecule has 0 saturated heterocycles. The number of benzene rings is 1. The Labute approximate surface area is 127 Å². The highest BCUT2D eigenvalue weighted by atomic mass is 32.2. The number of rotatable bonds is 7. The van der Waals surface area contributed by atoms with Crippen molar-refractivity contribution in [3.05, 3.63) is 29.8 Å². The maximum atomic E-state index is 12.1. The number of aryl methyl sites for hydroxylation is 1. The van der Waals surface area contributed by atoms with Gasteiger partial charge in [0.05, 0.1) is 11.9 Å². The largest absolute Gasteiger partial charge is 0.354 e. The summed E-state index contributed by atoms with van der Waals surface area (Å²) in [5.41, 5.74) is 1.54. The minimum atomic E-state index is -3.53. The number of unbranched alkanes of at least 4 members (excludes halogenated alkanes) is 1. The molecule has 1 aromatic carbocycles. The number of sulfonamides is 1. The van der Waals surface area contributed by atoms with Crippen molar-refractivity contribution in [1.29, 1.82) is 0 Å². The number of anilines is 1. The first-order chi connectivity index (χ1) is 9.77. The zero-order valence-electron chi connectivity index (χ0n) is 13.1. The van der Waals surface area contributed by atoms with Crippen molar-refractivity contribution in [2.75, 3.05) is 17.1 Å². The smallest absolute Gasteiger partial charge is 0.243 e. The van der Waals surface area contributed by atoms with Gasteiger partial charge in [0.15, 0.2) is 0 Å². The van der Waals surface area contributed by atoms with E-state index in [4.69, 9.17) is 0 Å². The van der Waals surface area contributed by atoms with Gasteiger partial charge in [0.1, 0.15) is 6.04 Å². The second-order valence-electron chi connectivity index (χ2n) is 5.21. The first-order valence-electron chi connectivity index (χ1n) is 7.11. The zero-order chi connectivity index (χ0) is 16.0. The van der Waals surface area contributed by atoms with E-state index in [0.717, 1.165) is 29.0 Å². The number of nitrogens with one attached hydrogen (secondary N) is 1. The van der Waals surface area contributed by atoms with Crippen molar-refractivity contribution >= 4 is 21.6 Å². The summed E-state index contributed by atoms with van der Waals surface area (Å²) in [5.74, 6) is -0.283. The van der Waals surface area contributed by atoms with Crippen LogP contribution < -0.4 is 9.62 Å². The van der Waals surface area contributed by atoms with E-state index in [1.165, 1.54) is 0 Å². The minimum absolute atomic E-state index is 0.283. The monoisotopic (exact) mass is 312 g/mol. The van der Waals surface area contributed by atoms with Crippen LogP contribution in [-0.2, 0) is 14.8 Å². The van der Waals surface area contributed by atoms with E-state index >= 15 is 0 Å². The molecule has 0 aliphatic carbocycles. The molecule has 1 unspecified atom stereocenters. The van der Waals surface area contributed by atoms with Crippen molar-refractivity contribution < 1.29 is 13.2 Å². The lowest BCUT2D eigenvalue weighted by Gasteiger charge is -2.28. The van der Waals surface area contributed by atoms with Crippen molar-refractivity contribution in [3.8, 4) is 0 Å². The molecule has 0 aliphatic heterocycles. The maximum Gasteiger partial charge on any atom is 0.243 e. The summed E-state index contributed by atoms with van der Waals surface area (Å²) >= 11 is 0. The molecule has 118 valence electrons. The van der Waals surface area contributed by atoms with Crippen molar-refractivity contribution in [1.82, 2.24) is 5.32 Å². The molecule has 0 aliphatic rings. The number of hydrogen-bond donors (Lipinski definition) is 1. The fraction of sp³-hybridized carbons (Fsp3) is 0.533. The molecule has 1 amide bonds. The van der Waals surface area contributed by atoms with Crippen molar-refractivity contribution in [2.24, 2.45) is 0 Å². The molecule has 0 spiro atoms. The number of amides is 1. The average Bonchev–Trinajstić information content (AvgIpc) is 2.39. The second kappa shape index (κ2) is 7.45. The van der Waals surface area contributed by atoms with E-state index in [0.29, 0.717) is 12.2 Å². The molecule has 0 radical (unpaired) electrons. The molecule has 1 N–H and O–H groups in total. The summed E-state index contributed by atoms with van der Waals surface area (Å²) in [7, 11) is -3.53. The lowest BCUT2D eigenvalue weighted by molar-refractivity contribution is -0.121. The Morgan fingerprint density at radius 2 is 1.86 bits per heavy atom. The van der Waals surface area contributed by atoms with Crippen LogP contribution in [-0.4, -0.2) is 33.2 Å². The van der Waals surface area contributed by atoms with E-state index in [1.54, 1.807) is 19.1 Å². The fourth-order valence-corrected chi connectivity index (χ4v) is 3.21. The van der Waals surface area contributed by atoms with Gasteiger partial charge in [-0.2, -0.15) is 0 Å². The molecule has 0 heterocycles. The van der Waals surface area contributed by atoms with E-state index < -0.39 is 16.1 Å². The molecule has 6 heteroatoms. The van der Waals surface area contributed by atoms with Gasteiger partial charge >= 0.3 is 0 Å². The quantitative estimate of drug-likeness (QED) is 0.784. The van der Waals surface area contributed by atoms with Crippen LogP contribution in [0.25, 0.3) is 0 Å². The van der Waals surface area contributed by atoms with Crippen LogP contribution in [0.4, 0.5) is 5.69 Å². The molecule has 0 fully saturated rings. The summed E-state index contributed by atoms with van der Waals surface area (Å²) < 4.78 is 25.2. The second-order valence-corrected chi connectivity index (χ2v) is 7.07. The highest BCUT2D eigenvalue weighted by molar-refractivity contribution is 7.92. The Kier molecular flexibility index (Phi) is 6.20. The third-order valence-corrected chi connectivity index (χ3v) is 4.45. The third-order valence-electron chi connectivity index (χ3n) is 3.21. The van der Waals surface area contributed by atoms with Crippen LogP contribution >= 0.6 is 0 Å². The molecule has 1 aromatic rings. The Balaban J connectivity index is 2.98. The summed E-state index contributed by atoms with van der Waals surface area (Å²) in [4.78, 5) is 12.1. The molecule has 1 atom stereocenters. The number of carbonyl (C=O) groups excluding carboxylic acids is 1. The van der Waals surface area contributed by atoms with Crippen LogP contribution in [0.1, 0.15) is 32.3 Å². The Morgan fingerprint density at radius 1 is 1.29 bits per heavy atom. The SMILES string of the molecule is CCCCNC(=O)C(C)N(c1ccc(C)cc1)S(C)(=O)=O. The number of hydrogen-bond acceptors (Lipinski definition) is 3. The van der Waals surface area contributed by atoms with Gasteiger partial charge in [-0.15, -0.1) is 0 Å². The van der Waals surface area contributed by atoms with Crippen LogP contribution in [0, 0.1) is 6.92 Å². The van der Waals surface area contributed by atoms with Gasteiger partial charge in [0.2, 0.25) is 15.9 Å². The summed E-state index contributed by atoms with van der Waals surface area (Å²) in [6.45, 7) is 6.12. The fourth-order valence-electron chi connectivity index (χ4n) is 2.04. The predicted octanol–water partition coefficient (Wildman–Crippen LogP) is 2.07.